The molecule has 1 fully saturated rings. The number of halogens is 1. The molecule has 2 aromatic carbocycles. The zero-order chi connectivity index (χ0) is 24.1. The van der Waals surface area contributed by atoms with Crippen LogP contribution in [0.2, 0.25) is 5.02 Å². The van der Waals surface area contributed by atoms with Gasteiger partial charge < -0.3 is 20.9 Å². The Balaban J connectivity index is 1.22. The molecule has 1 aromatic heterocycles. The number of nitrogens with zero attached hydrogens (tertiary/aromatic N) is 3. The van der Waals surface area contributed by atoms with Gasteiger partial charge in [0.05, 0.1) is 11.2 Å². The molecule has 8 nitrogen and oxygen atoms in total. The number of fused-ring (bicyclic) bond motifs is 1. The molecule has 0 radical (unpaired) electrons. The van der Waals surface area contributed by atoms with Crippen LogP contribution in [0.15, 0.2) is 54.6 Å². The minimum atomic E-state index is -0.246. The molecule has 9 heteroatoms. The Morgan fingerprint density at radius 1 is 1.15 bits per heavy atom. The summed E-state index contributed by atoms with van der Waals surface area (Å²) in [6.07, 6.45) is 0.883. The van der Waals surface area contributed by atoms with Crippen LogP contribution >= 0.6 is 11.6 Å². The van der Waals surface area contributed by atoms with Crippen molar-refractivity contribution in [2.75, 3.05) is 43.9 Å². The highest BCUT2D eigenvalue weighted by Gasteiger charge is 2.28. The Hall–Kier alpha value is -3.36. The molecule has 4 amide bonds. The number of aromatic nitrogens is 1. The number of carbonyl (C=O) groups excluding carboxylic acids is 2. The molecule has 0 saturated carbocycles. The van der Waals surface area contributed by atoms with E-state index in [0.29, 0.717) is 23.8 Å². The van der Waals surface area contributed by atoms with Crippen LogP contribution in [-0.4, -0.2) is 66.1 Å². The molecular weight excluding hydrogens is 452 g/mol. The summed E-state index contributed by atoms with van der Waals surface area (Å²) in [6.45, 7) is 4.77. The Bertz CT molecular complexity index is 1190. The number of carbonyl (C=O) groups is 2. The van der Waals surface area contributed by atoms with E-state index in [9.17, 15) is 9.59 Å². The van der Waals surface area contributed by atoms with Gasteiger partial charge in [-0.2, -0.15) is 0 Å². The lowest BCUT2D eigenvalue weighted by molar-refractivity contribution is 0.202. The lowest BCUT2D eigenvalue weighted by Crippen LogP contribution is -2.42. The van der Waals surface area contributed by atoms with Crippen molar-refractivity contribution in [1.29, 1.82) is 0 Å². The summed E-state index contributed by atoms with van der Waals surface area (Å²) in [4.78, 5) is 33.6. The van der Waals surface area contributed by atoms with Gasteiger partial charge in [0.25, 0.3) is 0 Å². The van der Waals surface area contributed by atoms with Crippen molar-refractivity contribution in [1.82, 2.24) is 20.1 Å². The number of hydrogen-bond acceptors (Lipinski definition) is 4. The van der Waals surface area contributed by atoms with Crippen LogP contribution in [0, 0.1) is 6.92 Å². The third-order valence-corrected chi connectivity index (χ3v) is 6.23. The van der Waals surface area contributed by atoms with Gasteiger partial charge in [-0.25, -0.2) is 9.59 Å². The first-order chi connectivity index (χ1) is 16.4. The van der Waals surface area contributed by atoms with Gasteiger partial charge in [0.2, 0.25) is 0 Å². The largest absolute Gasteiger partial charge is 0.337 e. The average molecular weight is 481 g/mol. The summed E-state index contributed by atoms with van der Waals surface area (Å²) in [5.74, 6) is 0. The zero-order valence-electron chi connectivity index (χ0n) is 19.3. The summed E-state index contributed by atoms with van der Waals surface area (Å²) >= 11 is 5.99. The Morgan fingerprint density at radius 2 is 1.97 bits per heavy atom. The highest BCUT2D eigenvalue weighted by molar-refractivity contribution is 6.30. The molecule has 3 N–H and O–H groups in total. The molecule has 2 heterocycles. The summed E-state index contributed by atoms with van der Waals surface area (Å²) < 4.78 is 0. The number of pyridine rings is 1. The van der Waals surface area contributed by atoms with Crippen molar-refractivity contribution >= 4 is 45.9 Å². The van der Waals surface area contributed by atoms with E-state index in [-0.39, 0.29) is 18.1 Å². The van der Waals surface area contributed by atoms with E-state index in [0.717, 1.165) is 41.8 Å². The molecule has 0 bridgehead atoms. The van der Waals surface area contributed by atoms with Crippen LogP contribution in [0.1, 0.15) is 12.1 Å². The third kappa shape index (κ3) is 5.95. The molecule has 3 aromatic rings. The standard InChI is InChI=1S/C25H29ClN6O2/c1-17-14-23(21-8-3-4-9-22(21)28-17)30-24(33)27-11-13-32-12-10-20(16-32)31(2)25(34)29-19-7-5-6-18(26)15-19/h3-9,14-15,20H,10-13,16H2,1-2H3,(H,29,34)(H2,27,28,30,33). The number of likely N-dealkylation sites (tertiary alicyclic amines) is 1. The van der Waals surface area contributed by atoms with Gasteiger partial charge in [0.1, 0.15) is 0 Å². The molecule has 4 rings (SSSR count). The zero-order valence-corrected chi connectivity index (χ0v) is 20.1. The van der Waals surface area contributed by atoms with Gasteiger partial charge in [0, 0.05) is 61.1 Å². The van der Waals surface area contributed by atoms with Gasteiger partial charge in [0.15, 0.2) is 0 Å². The number of hydrogen-bond donors (Lipinski definition) is 3. The van der Waals surface area contributed by atoms with Gasteiger partial charge >= 0.3 is 12.1 Å². The Morgan fingerprint density at radius 3 is 2.79 bits per heavy atom. The molecule has 1 saturated heterocycles. The van der Waals surface area contributed by atoms with Crippen molar-refractivity contribution in [3.8, 4) is 0 Å². The molecule has 1 aliphatic heterocycles. The van der Waals surface area contributed by atoms with Crippen molar-refractivity contribution in [2.24, 2.45) is 0 Å². The summed E-state index contributed by atoms with van der Waals surface area (Å²) in [5.41, 5.74) is 3.12. The maximum Gasteiger partial charge on any atom is 0.321 e. The molecule has 178 valence electrons. The van der Waals surface area contributed by atoms with Crippen molar-refractivity contribution < 1.29 is 9.59 Å². The van der Waals surface area contributed by atoms with Crippen LogP contribution in [0.5, 0.6) is 0 Å². The van der Waals surface area contributed by atoms with Crippen LogP contribution in [-0.2, 0) is 0 Å². The van der Waals surface area contributed by atoms with E-state index in [1.54, 1.807) is 30.1 Å². The summed E-state index contributed by atoms with van der Waals surface area (Å²) in [6, 6.07) is 16.4. The quantitative estimate of drug-likeness (QED) is 0.482. The smallest absolute Gasteiger partial charge is 0.321 e. The molecule has 0 aliphatic carbocycles. The van der Waals surface area contributed by atoms with Gasteiger partial charge in [-0.05, 0) is 43.7 Å². The summed E-state index contributed by atoms with van der Waals surface area (Å²) in [7, 11) is 1.81. The first-order valence-electron chi connectivity index (χ1n) is 11.3. The lowest BCUT2D eigenvalue weighted by Gasteiger charge is -2.25. The molecule has 1 atom stereocenters. The van der Waals surface area contributed by atoms with E-state index >= 15 is 0 Å². The van der Waals surface area contributed by atoms with E-state index in [1.807, 2.05) is 43.3 Å². The highest BCUT2D eigenvalue weighted by Crippen LogP contribution is 2.23. The molecule has 0 spiro atoms. The number of anilines is 2. The number of nitrogens with one attached hydrogen (secondary N) is 3. The third-order valence-electron chi connectivity index (χ3n) is 6.00. The monoisotopic (exact) mass is 480 g/mol. The second kappa shape index (κ2) is 10.7. The number of para-hydroxylation sites is 1. The number of likely N-dealkylation sites (N-methyl/N-ethyl adjacent to an activating group) is 1. The predicted octanol–water partition coefficient (Wildman–Crippen LogP) is 4.56. The number of rotatable bonds is 6. The fraction of sp³-hybridized carbons (Fsp3) is 0.320. The highest BCUT2D eigenvalue weighted by atomic mass is 35.5. The number of benzene rings is 2. The van der Waals surface area contributed by atoms with Gasteiger partial charge in [-0.1, -0.05) is 35.9 Å². The minimum absolute atomic E-state index is 0.110. The fourth-order valence-electron chi connectivity index (χ4n) is 4.18. The number of aryl methyl sites for hydroxylation is 1. The molecule has 34 heavy (non-hydrogen) atoms. The van der Waals surface area contributed by atoms with Crippen LogP contribution in [0.3, 0.4) is 0 Å². The maximum atomic E-state index is 12.6. The topological polar surface area (TPSA) is 89.6 Å². The lowest BCUT2D eigenvalue weighted by atomic mass is 10.1. The fourth-order valence-corrected chi connectivity index (χ4v) is 4.37. The number of amides is 4. The first-order valence-corrected chi connectivity index (χ1v) is 11.7. The first kappa shape index (κ1) is 23.8. The predicted molar refractivity (Wildman–Crippen MR) is 137 cm³/mol. The van der Waals surface area contributed by atoms with Crippen molar-refractivity contribution in [3.05, 3.63) is 65.3 Å². The van der Waals surface area contributed by atoms with Gasteiger partial charge in [-0.3, -0.25) is 9.88 Å². The second-order valence-corrected chi connectivity index (χ2v) is 8.94. The number of urea groups is 2. The second-order valence-electron chi connectivity index (χ2n) is 8.50. The van der Waals surface area contributed by atoms with E-state index in [2.05, 4.69) is 25.8 Å². The maximum absolute atomic E-state index is 12.6. The normalized spacial score (nSPS) is 15.8. The van der Waals surface area contributed by atoms with Crippen LogP contribution in [0.4, 0.5) is 21.0 Å². The van der Waals surface area contributed by atoms with Crippen LogP contribution < -0.4 is 16.0 Å². The Kier molecular flexibility index (Phi) is 7.49. The molecular formula is C25H29ClN6O2. The van der Waals surface area contributed by atoms with Gasteiger partial charge in [-0.15, -0.1) is 0 Å². The van der Waals surface area contributed by atoms with E-state index < -0.39 is 0 Å². The minimum Gasteiger partial charge on any atom is -0.337 e. The van der Waals surface area contributed by atoms with Crippen LogP contribution in [0.25, 0.3) is 10.9 Å². The van der Waals surface area contributed by atoms with Crippen molar-refractivity contribution in [3.63, 3.8) is 0 Å². The average Bonchev–Trinajstić information content (AvgIpc) is 3.27. The van der Waals surface area contributed by atoms with E-state index in [4.69, 9.17) is 11.6 Å². The summed E-state index contributed by atoms with van der Waals surface area (Å²) in [5, 5.41) is 10.2. The molecule has 1 aliphatic rings. The Labute approximate surface area is 204 Å². The van der Waals surface area contributed by atoms with Crippen molar-refractivity contribution in [2.45, 2.75) is 19.4 Å². The van der Waals surface area contributed by atoms with E-state index in [1.165, 1.54) is 0 Å². The molecule has 1 unspecified atom stereocenters. The SMILES string of the molecule is Cc1cc(NC(=O)NCCN2CCC(N(C)C(=O)Nc3cccc(Cl)c3)C2)c2ccccc2n1.